The molecule has 0 radical (unpaired) electrons. The molecule has 1 aliphatic rings. The minimum absolute atomic E-state index is 0.683. The fourth-order valence-electron chi connectivity index (χ4n) is 2.35. The monoisotopic (exact) mass is 234 g/mol. The maximum Gasteiger partial charge on any atom is 0.225 e. The number of aromatic nitrogens is 2. The molecule has 0 spiro atoms. The summed E-state index contributed by atoms with van der Waals surface area (Å²) in [6.07, 6.45) is 5.29. The molecule has 0 aromatic carbocycles. The lowest BCUT2D eigenvalue weighted by Gasteiger charge is -2.31. The number of anilines is 1. The molecule has 0 saturated carbocycles. The summed E-state index contributed by atoms with van der Waals surface area (Å²) in [5.41, 5.74) is 8.05. The molecule has 1 saturated heterocycles. The zero-order valence-corrected chi connectivity index (χ0v) is 10.8. The van der Waals surface area contributed by atoms with Gasteiger partial charge in [0.15, 0.2) is 0 Å². The Morgan fingerprint density at radius 1 is 1.41 bits per heavy atom. The Hall–Kier alpha value is -1.16. The van der Waals surface area contributed by atoms with Crippen molar-refractivity contribution in [2.24, 2.45) is 11.7 Å². The van der Waals surface area contributed by atoms with Gasteiger partial charge < -0.3 is 10.6 Å². The third kappa shape index (κ3) is 2.75. The zero-order chi connectivity index (χ0) is 12.3. The van der Waals surface area contributed by atoms with Crippen molar-refractivity contribution in [1.29, 1.82) is 0 Å². The van der Waals surface area contributed by atoms with Crippen molar-refractivity contribution in [2.75, 3.05) is 24.5 Å². The highest BCUT2D eigenvalue weighted by atomic mass is 15.2. The lowest BCUT2D eigenvalue weighted by atomic mass is 9.97. The molecular formula is C13H22N4. The van der Waals surface area contributed by atoms with Crippen LogP contribution in [0.4, 0.5) is 5.95 Å². The second-order valence-corrected chi connectivity index (χ2v) is 4.80. The van der Waals surface area contributed by atoms with Crippen LogP contribution < -0.4 is 10.6 Å². The van der Waals surface area contributed by atoms with Crippen LogP contribution in [0.2, 0.25) is 0 Å². The maximum absolute atomic E-state index is 5.70. The first-order valence-electron chi connectivity index (χ1n) is 6.52. The minimum atomic E-state index is 0.683. The molecule has 0 amide bonds. The predicted octanol–water partition coefficient (Wildman–Crippen LogP) is 1.52. The number of piperidine rings is 1. The first-order chi connectivity index (χ1) is 8.24. The minimum Gasteiger partial charge on any atom is -0.341 e. The van der Waals surface area contributed by atoms with Gasteiger partial charge in [0.2, 0.25) is 5.95 Å². The molecule has 2 rings (SSSR count). The van der Waals surface area contributed by atoms with Crippen LogP contribution in [-0.4, -0.2) is 29.6 Å². The SMILES string of the molecule is CCc1cnc(N2CCC(CN)CC2)nc1C. The topological polar surface area (TPSA) is 55.0 Å². The average molecular weight is 234 g/mol. The first kappa shape index (κ1) is 12.3. The molecular weight excluding hydrogens is 212 g/mol. The second kappa shape index (κ2) is 5.45. The Morgan fingerprint density at radius 2 is 2.12 bits per heavy atom. The summed E-state index contributed by atoms with van der Waals surface area (Å²) in [5.74, 6) is 1.57. The molecule has 0 atom stereocenters. The molecule has 0 unspecified atom stereocenters. The van der Waals surface area contributed by atoms with Gasteiger partial charge in [-0.3, -0.25) is 0 Å². The van der Waals surface area contributed by atoms with E-state index >= 15 is 0 Å². The summed E-state index contributed by atoms with van der Waals surface area (Å²) in [4.78, 5) is 11.3. The average Bonchev–Trinajstić information content (AvgIpc) is 2.39. The number of hydrogen-bond donors (Lipinski definition) is 1. The van der Waals surface area contributed by atoms with Crippen molar-refractivity contribution in [3.8, 4) is 0 Å². The third-order valence-electron chi connectivity index (χ3n) is 3.68. The van der Waals surface area contributed by atoms with E-state index in [0.717, 1.165) is 50.5 Å². The van der Waals surface area contributed by atoms with Crippen LogP contribution >= 0.6 is 0 Å². The standard InChI is InChI=1S/C13H22N4/c1-3-12-9-15-13(16-10(12)2)17-6-4-11(8-14)5-7-17/h9,11H,3-8,14H2,1-2H3. The van der Waals surface area contributed by atoms with Gasteiger partial charge in [-0.25, -0.2) is 9.97 Å². The summed E-state index contributed by atoms with van der Waals surface area (Å²) in [5, 5.41) is 0. The van der Waals surface area contributed by atoms with E-state index in [9.17, 15) is 0 Å². The van der Waals surface area contributed by atoms with Crippen LogP contribution in [0.1, 0.15) is 31.0 Å². The van der Waals surface area contributed by atoms with Gasteiger partial charge in [0.1, 0.15) is 0 Å². The van der Waals surface area contributed by atoms with Crippen molar-refractivity contribution in [2.45, 2.75) is 33.1 Å². The normalized spacial score (nSPS) is 17.5. The number of hydrogen-bond acceptors (Lipinski definition) is 4. The van der Waals surface area contributed by atoms with Crippen LogP contribution in [0.5, 0.6) is 0 Å². The van der Waals surface area contributed by atoms with E-state index in [1.54, 1.807) is 0 Å². The van der Waals surface area contributed by atoms with E-state index in [2.05, 4.69) is 28.7 Å². The van der Waals surface area contributed by atoms with Gasteiger partial charge >= 0.3 is 0 Å². The first-order valence-corrected chi connectivity index (χ1v) is 6.52. The van der Waals surface area contributed by atoms with Crippen LogP contribution in [-0.2, 0) is 6.42 Å². The highest BCUT2D eigenvalue weighted by Crippen LogP contribution is 2.20. The number of nitrogens with two attached hydrogens (primary N) is 1. The summed E-state index contributed by atoms with van der Waals surface area (Å²) >= 11 is 0. The lowest BCUT2D eigenvalue weighted by molar-refractivity contribution is 0.411. The summed E-state index contributed by atoms with van der Waals surface area (Å²) in [6.45, 7) is 7.08. The van der Waals surface area contributed by atoms with Crippen molar-refractivity contribution in [1.82, 2.24) is 9.97 Å². The Labute approximate surface area is 103 Å². The highest BCUT2D eigenvalue weighted by Gasteiger charge is 2.20. The van der Waals surface area contributed by atoms with Gasteiger partial charge in [-0.1, -0.05) is 6.92 Å². The molecule has 94 valence electrons. The van der Waals surface area contributed by atoms with Crippen molar-refractivity contribution in [3.05, 3.63) is 17.5 Å². The van der Waals surface area contributed by atoms with E-state index in [1.807, 2.05) is 6.20 Å². The van der Waals surface area contributed by atoms with Gasteiger partial charge in [-0.15, -0.1) is 0 Å². The molecule has 1 aliphatic heterocycles. The van der Waals surface area contributed by atoms with E-state index in [0.29, 0.717) is 5.92 Å². The number of rotatable bonds is 3. The Kier molecular flexibility index (Phi) is 3.94. The molecule has 0 bridgehead atoms. The quantitative estimate of drug-likeness (QED) is 0.861. The van der Waals surface area contributed by atoms with Gasteiger partial charge in [-0.05, 0) is 44.2 Å². The van der Waals surface area contributed by atoms with Gasteiger partial charge in [0.25, 0.3) is 0 Å². The Balaban J connectivity index is 2.06. The molecule has 4 nitrogen and oxygen atoms in total. The predicted molar refractivity (Wildman–Crippen MR) is 70.1 cm³/mol. The fourth-order valence-corrected chi connectivity index (χ4v) is 2.35. The van der Waals surface area contributed by atoms with Gasteiger partial charge in [0, 0.05) is 25.0 Å². The molecule has 0 aliphatic carbocycles. The maximum atomic E-state index is 5.70. The second-order valence-electron chi connectivity index (χ2n) is 4.80. The van der Waals surface area contributed by atoms with E-state index in [1.165, 1.54) is 5.56 Å². The van der Waals surface area contributed by atoms with Crippen LogP contribution in [0.25, 0.3) is 0 Å². The molecule has 2 N–H and O–H groups in total. The van der Waals surface area contributed by atoms with E-state index in [4.69, 9.17) is 5.73 Å². The molecule has 4 heteroatoms. The van der Waals surface area contributed by atoms with Gasteiger partial charge in [-0.2, -0.15) is 0 Å². The highest BCUT2D eigenvalue weighted by molar-refractivity contribution is 5.33. The van der Waals surface area contributed by atoms with E-state index < -0.39 is 0 Å². The van der Waals surface area contributed by atoms with E-state index in [-0.39, 0.29) is 0 Å². The largest absolute Gasteiger partial charge is 0.341 e. The lowest BCUT2D eigenvalue weighted by Crippen LogP contribution is -2.37. The fraction of sp³-hybridized carbons (Fsp3) is 0.692. The molecule has 1 aromatic heterocycles. The number of nitrogens with zero attached hydrogens (tertiary/aromatic N) is 3. The Bertz CT molecular complexity index is 370. The zero-order valence-electron chi connectivity index (χ0n) is 10.8. The Morgan fingerprint density at radius 3 is 2.65 bits per heavy atom. The molecule has 1 fully saturated rings. The number of aryl methyl sites for hydroxylation is 2. The van der Waals surface area contributed by atoms with Gasteiger partial charge in [0.05, 0.1) is 0 Å². The smallest absolute Gasteiger partial charge is 0.225 e. The van der Waals surface area contributed by atoms with Crippen LogP contribution in [0, 0.1) is 12.8 Å². The molecule has 1 aromatic rings. The van der Waals surface area contributed by atoms with Crippen LogP contribution in [0.3, 0.4) is 0 Å². The van der Waals surface area contributed by atoms with Crippen molar-refractivity contribution < 1.29 is 0 Å². The van der Waals surface area contributed by atoms with Crippen LogP contribution in [0.15, 0.2) is 6.20 Å². The van der Waals surface area contributed by atoms with Crippen molar-refractivity contribution in [3.63, 3.8) is 0 Å². The molecule has 17 heavy (non-hydrogen) atoms. The third-order valence-corrected chi connectivity index (χ3v) is 3.68. The summed E-state index contributed by atoms with van der Waals surface area (Å²) < 4.78 is 0. The molecule has 2 heterocycles. The summed E-state index contributed by atoms with van der Waals surface area (Å²) in [7, 11) is 0. The summed E-state index contributed by atoms with van der Waals surface area (Å²) in [6, 6.07) is 0. The van der Waals surface area contributed by atoms with Crippen molar-refractivity contribution >= 4 is 5.95 Å².